The number of aryl methyl sites for hydroxylation is 1. The van der Waals surface area contributed by atoms with Crippen LogP contribution in [0.4, 0.5) is 4.39 Å². The van der Waals surface area contributed by atoms with Gasteiger partial charge in [0.15, 0.2) is 17.3 Å². The Morgan fingerprint density at radius 1 is 1.25 bits per heavy atom. The molecule has 0 bridgehead atoms. The van der Waals surface area contributed by atoms with Crippen molar-refractivity contribution in [3.8, 4) is 11.5 Å². The van der Waals surface area contributed by atoms with Crippen molar-refractivity contribution in [1.82, 2.24) is 34.1 Å². The highest BCUT2D eigenvalue weighted by Crippen LogP contribution is 2.21. The molecular formula is C18H16FN7O2. The summed E-state index contributed by atoms with van der Waals surface area (Å²) in [5, 5.41) is 13.1. The molecule has 0 aromatic carbocycles. The maximum atomic E-state index is 14.1. The van der Waals surface area contributed by atoms with E-state index >= 15 is 0 Å². The van der Waals surface area contributed by atoms with E-state index in [9.17, 15) is 9.18 Å². The number of fused-ring (bicyclic) bond motifs is 1. The van der Waals surface area contributed by atoms with Crippen LogP contribution in [0.1, 0.15) is 35.2 Å². The Morgan fingerprint density at radius 3 is 2.86 bits per heavy atom. The van der Waals surface area contributed by atoms with Crippen LogP contribution in [-0.4, -0.2) is 45.2 Å². The fourth-order valence-electron chi connectivity index (χ4n) is 3.04. The first-order chi connectivity index (χ1) is 13.6. The summed E-state index contributed by atoms with van der Waals surface area (Å²) in [7, 11) is 0. The maximum absolute atomic E-state index is 14.1. The van der Waals surface area contributed by atoms with Gasteiger partial charge in [0.25, 0.3) is 5.82 Å². The van der Waals surface area contributed by atoms with Crippen LogP contribution >= 0.6 is 0 Å². The van der Waals surface area contributed by atoms with Crippen LogP contribution in [0.15, 0.2) is 37.1 Å². The molecule has 1 N–H and O–H groups in total. The highest BCUT2D eigenvalue weighted by Gasteiger charge is 2.19. The smallest absolute Gasteiger partial charge is 0.375 e. The highest BCUT2D eigenvalue weighted by atomic mass is 19.1. The Bertz CT molecular complexity index is 1170. The molecule has 142 valence electrons. The molecule has 0 unspecified atom stereocenters. The fourth-order valence-corrected chi connectivity index (χ4v) is 3.04. The van der Waals surface area contributed by atoms with Crippen LogP contribution in [0.25, 0.3) is 17.2 Å². The molecule has 0 saturated carbocycles. The van der Waals surface area contributed by atoms with Crippen LogP contribution in [0.2, 0.25) is 0 Å². The lowest BCUT2D eigenvalue weighted by molar-refractivity contribution is 0.0684. The number of aromatic nitrogens is 7. The third-order valence-electron chi connectivity index (χ3n) is 4.27. The number of carboxylic acid groups (broad SMARTS) is 1. The van der Waals surface area contributed by atoms with Gasteiger partial charge in [-0.15, -0.1) is 5.10 Å². The number of carboxylic acids is 1. The molecule has 0 spiro atoms. The fraction of sp³-hybridized carbons (Fsp3) is 0.222. The third-order valence-corrected chi connectivity index (χ3v) is 4.27. The monoisotopic (exact) mass is 381 g/mol. The van der Waals surface area contributed by atoms with E-state index in [0.29, 0.717) is 30.1 Å². The predicted octanol–water partition coefficient (Wildman–Crippen LogP) is 2.22. The zero-order valence-corrected chi connectivity index (χ0v) is 14.9. The van der Waals surface area contributed by atoms with Crippen molar-refractivity contribution >= 4 is 11.6 Å². The van der Waals surface area contributed by atoms with Crippen molar-refractivity contribution in [2.75, 3.05) is 0 Å². The summed E-state index contributed by atoms with van der Waals surface area (Å²) >= 11 is 0. The number of hydrogen-bond acceptors (Lipinski definition) is 6. The Morgan fingerprint density at radius 2 is 2.11 bits per heavy atom. The minimum absolute atomic E-state index is 0.154. The lowest BCUT2D eigenvalue weighted by Gasteiger charge is -2.11. The Labute approximate surface area is 158 Å². The molecular weight excluding hydrogens is 365 g/mol. The number of hydrogen-bond donors (Lipinski definition) is 1. The van der Waals surface area contributed by atoms with Gasteiger partial charge in [0, 0.05) is 24.2 Å². The molecule has 0 aliphatic carbocycles. The molecule has 0 aliphatic heterocycles. The zero-order valence-electron chi connectivity index (χ0n) is 14.9. The van der Waals surface area contributed by atoms with E-state index in [2.05, 4.69) is 25.0 Å². The highest BCUT2D eigenvalue weighted by molar-refractivity contribution is 5.83. The minimum Gasteiger partial charge on any atom is -0.475 e. The maximum Gasteiger partial charge on any atom is 0.375 e. The normalized spacial score (nSPS) is 11.2. The number of rotatable bonds is 6. The van der Waals surface area contributed by atoms with Crippen molar-refractivity contribution < 1.29 is 14.3 Å². The Kier molecular flexibility index (Phi) is 4.52. The third kappa shape index (κ3) is 3.08. The number of imidazole rings is 1. The average Bonchev–Trinajstić information content (AvgIpc) is 3.31. The summed E-state index contributed by atoms with van der Waals surface area (Å²) in [5.41, 5.74) is 2.09. The number of aromatic carboxylic acids is 1. The van der Waals surface area contributed by atoms with Crippen LogP contribution in [0.5, 0.6) is 0 Å². The summed E-state index contributed by atoms with van der Waals surface area (Å²) in [5.74, 6) is -1.56. The second kappa shape index (κ2) is 7.14. The molecule has 0 fully saturated rings. The van der Waals surface area contributed by atoms with Crippen LogP contribution in [0.3, 0.4) is 0 Å². The van der Waals surface area contributed by atoms with E-state index < -0.39 is 11.8 Å². The summed E-state index contributed by atoms with van der Waals surface area (Å²) < 4.78 is 17.3. The number of nitrogens with zero attached hydrogens (tertiary/aromatic N) is 7. The molecule has 0 radical (unpaired) electrons. The first-order valence-electron chi connectivity index (χ1n) is 8.67. The second-order valence-electron chi connectivity index (χ2n) is 6.14. The molecule has 0 aliphatic rings. The predicted molar refractivity (Wildman–Crippen MR) is 96.3 cm³/mol. The SMILES string of the molecule is CCCc1c(Cn2ccnc2-c2ncccc2F)ncn2nc(C(=O)O)nc12. The van der Waals surface area contributed by atoms with E-state index in [1.54, 1.807) is 17.0 Å². The van der Waals surface area contributed by atoms with E-state index in [4.69, 9.17) is 5.11 Å². The molecule has 9 nitrogen and oxygen atoms in total. The molecule has 4 rings (SSSR count). The van der Waals surface area contributed by atoms with Crippen LogP contribution in [-0.2, 0) is 13.0 Å². The van der Waals surface area contributed by atoms with Gasteiger partial charge in [-0.1, -0.05) is 13.3 Å². The van der Waals surface area contributed by atoms with Crippen molar-refractivity contribution in [1.29, 1.82) is 0 Å². The lowest BCUT2D eigenvalue weighted by Crippen LogP contribution is -2.10. The first-order valence-corrected chi connectivity index (χ1v) is 8.67. The summed E-state index contributed by atoms with van der Waals surface area (Å²) in [6, 6.07) is 2.85. The number of pyridine rings is 1. The molecule has 0 atom stereocenters. The molecule has 0 saturated heterocycles. The quantitative estimate of drug-likeness (QED) is 0.545. The summed E-state index contributed by atoms with van der Waals surface area (Å²) in [6.07, 6.45) is 7.69. The van der Waals surface area contributed by atoms with E-state index in [-0.39, 0.29) is 11.5 Å². The molecule has 10 heteroatoms. The van der Waals surface area contributed by atoms with Crippen molar-refractivity contribution in [2.45, 2.75) is 26.3 Å². The topological polar surface area (TPSA) is 111 Å². The van der Waals surface area contributed by atoms with Gasteiger partial charge in [-0.25, -0.2) is 33.6 Å². The molecule has 4 aromatic rings. The van der Waals surface area contributed by atoms with Crippen LogP contribution < -0.4 is 0 Å². The molecule has 4 aromatic heterocycles. The van der Waals surface area contributed by atoms with E-state index in [1.807, 2.05) is 6.92 Å². The lowest BCUT2D eigenvalue weighted by atomic mass is 10.1. The van der Waals surface area contributed by atoms with Crippen molar-refractivity contribution in [3.63, 3.8) is 0 Å². The van der Waals surface area contributed by atoms with E-state index in [0.717, 1.165) is 12.0 Å². The van der Waals surface area contributed by atoms with Crippen molar-refractivity contribution in [3.05, 3.63) is 59.9 Å². The first kappa shape index (κ1) is 17.7. The van der Waals surface area contributed by atoms with Gasteiger partial charge in [0.05, 0.1) is 12.2 Å². The van der Waals surface area contributed by atoms with E-state index in [1.165, 1.54) is 29.2 Å². The Hall–Kier alpha value is -3.69. The number of halogens is 1. The van der Waals surface area contributed by atoms with Gasteiger partial charge in [-0.3, -0.25) is 0 Å². The number of carbonyl (C=O) groups is 1. The van der Waals surface area contributed by atoms with Gasteiger partial charge < -0.3 is 9.67 Å². The molecule has 0 amide bonds. The zero-order chi connectivity index (χ0) is 19.7. The van der Waals surface area contributed by atoms with Gasteiger partial charge in [0.1, 0.15) is 12.0 Å². The van der Waals surface area contributed by atoms with Gasteiger partial charge in [-0.2, -0.15) is 0 Å². The minimum atomic E-state index is -1.20. The standard InChI is InChI=1S/C18H16FN7O2/c1-2-4-11-13(22-10-26-16(11)23-15(24-26)18(27)28)9-25-8-7-21-17(25)14-12(19)5-3-6-20-14/h3,5-8,10H,2,4,9H2,1H3,(H,27,28). The Balaban J connectivity index is 1.79. The van der Waals surface area contributed by atoms with Gasteiger partial charge >= 0.3 is 5.97 Å². The largest absolute Gasteiger partial charge is 0.475 e. The molecule has 4 heterocycles. The van der Waals surface area contributed by atoms with Crippen LogP contribution in [0, 0.1) is 5.82 Å². The van der Waals surface area contributed by atoms with Crippen molar-refractivity contribution in [2.24, 2.45) is 0 Å². The second-order valence-corrected chi connectivity index (χ2v) is 6.14. The van der Waals surface area contributed by atoms with Gasteiger partial charge in [0.2, 0.25) is 0 Å². The summed E-state index contributed by atoms with van der Waals surface area (Å²) in [6.45, 7) is 2.32. The molecule has 28 heavy (non-hydrogen) atoms. The summed E-state index contributed by atoms with van der Waals surface area (Å²) in [4.78, 5) is 28.1. The average molecular weight is 381 g/mol. The van der Waals surface area contributed by atoms with Gasteiger partial charge in [-0.05, 0) is 18.6 Å².